The molecular formula is C12H14BrN5O2. The summed E-state index contributed by atoms with van der Waals surface area (Å²) in [5, 5.41) is 17.9. The summed E-state index contributed by atoms with van der Waals surface area (Å²) in [5.41, 5.74) is 1.77. The Morgan fingerprint density at radius 2 is 2.35 bits per heavy atom. The van der Waals surface area contributed by atoms with Crippen molar-refractivity contribution in [2.24, 2.45) is 0 Å². The Morgan fingerprint density at radius 1 is 1.55 bits per heavy atom. The Bertz CT molecular complexity index is 614. The Hall–Kier alpha value is -1.96. The van der Waals surface area contributed by atoms with E-state index in [0.29, 0.717) is 11.0 Å². The van der Waals surface area contributed by atoms with Crippen LogP contribution in [-0.2, 0) is 6.54 Å². The lowest BCUT2D eigenvalue weighted by molar-refractivity contribution is -0.390. The second-order valence-corrected chi connectivity index (χ2v) is 5.07. The number of nitrogens with zero attached hydrogens (tertiary/aromatic N) is 4. The number of pyridine rings is 1. The average molecular weight is 340 g/mol. The summed E-state index contributed by atoms with van der Waals surface area (Å²) in [5.74, 6) is -0.190. The van der Waals surface area contributed by atoms with Crippen molar-refractivity contribution in [3.8, 4) is 0 Å². The van der Waals surface area contributed by atoms with E-state index >= 15 is 0 Å². The normalized spacial score (nSPS) is 10.5. The summed E-state index contributed by atoms with van der Waals surface area (Å²) in [6, 6.07) is 3.80. The maximum atomic E-state index is 10.7. The zero-order valence-corrected chi connectivity index (χ0v) is 12.5. The van der Waals surface area contributed by atoms with E-state index in [0.717, 1.165) is 24.3 Å². The van der Waals surface area contributed by atoms with Crippen LogP contribution in [0.4, 0.5) is 11.5 Å². The highest BCUT2D eigenvalue weighted by molar-refractivity contribution is 9.10. The smallest absolute Gasteiger partial charge is 0.385 e. The summed E-state index contributed by atoms with van der Waals surface area (Å²) < 4.78 is 1.86. The molecular weight excluding hydrogens is 326 g/mol. The van der Waals surface area contributed by atoms with Crippen LogP contribution in [-0.4, -0.2) is 26.2 Å². The molecule has 2 aromatic rings. The zero-order valence-electron chi connectivity index (χ0n) is 10.9. The van der Waals surface area contributed by atoms with Crippen molar-refractivity contribution in [2.75, 3.05) is 11.9 Å². The van der Waals surface area contributed by atoms with Crippen LogP contribution < -0.4 is 5.32 Å². The molecule has 0 aliphatic heterocycles. The minimum Gasteiger partial charge on any atom is -0.385 e. The first kappa shape index (κ1) is 14.4. The third kappa shape index (κ3) is 3.53. The first-order valence-corrected chi connectivity index (χ1v) is 6.95. The van der Waals surface area contributed by atoms with Crippen molar-refractivity contribution < 1.29 is 4.92 Å². The summed E-state index contributed by atoms with van der Waals surface area (Å²) >= 11 is 3.12. The molecule has 0 fully saturated rings. The van der Waals surface area contributed by atoms with E-state index in [2.05, 4.69) is 38.3 Å². The largest absolute Gasteiger partial charge is 0.404 e. The third-order valence-electron chi connectivity index (χ3n) is 2.59. The minimum atomic E-state index is -0.521. The topological polar surface area (TPSA) is 85.9 Å². The molecule has 0 unspecified atom stereocenters. The number of aromatic nitrogens is 3. The molecule has 0 atom stereocenters. The van der Waals surface area contributed by atoms with E-state index < -0.39 is 4.92 Å². The van der Waals surface area contributed by atoms with Gasteiger partial charge in [-0.1, -0.05) is 6.92 Å². The fourth-order valence-electron chi connectivity index (χ4n) is 1.70. The first-order chi connectivity index (χ1) is 9.60. The Labute approximate surface area is 124 Å². The molecule has 0 saturated carbocycles. The SMILES string of the molecule is CCCNc1ccnc(Cn2cc(Br)c([N+](=O)[O-])n2)c1. The van der Waals surface area contributed by atoms with Crippen LogP contribution in [0.25, 0.3) is 0 Å². The molecule has 2 heterocycles. The zero-order chi connectivity index (χ0) is 14.5. The summed E-state index contributed by atoms with van der Waals surface area (Å²) in [4.78, 5) is 14.5. The second kappa shape index (κ2) is 6.47. The highest BCUT2D eigenvalue weighted by Gasteiger charge is 2.18. The van der Waals surface area contributed by atoms with Crippen molar-refractivity contribution in [3.05, 3.63) is 44.8 Å². The highest BCUT2D eigenvalue weighted by atomic mass is 79.9. The minimum absolute atomic E-state index is 0.190. The lowest BCUT2D eigenvalue weighted by Crippen LogP contribution is -2.05. The van der Waals surface area contributed by atoms with E-state index in [9.17, 15) is 10.1 Å². The van der Waals surface area contributed by atoms with Crippen LogP contribution in [0.5, 0.6) is 0 Å². The lowest BCUT2D eigenvalue weighted by Gasteiger charge is -2.05. The summed E-state index contributed by atoms with van der Waals surface area (Å²) in [6.07, 6.45) is 4.32. The van der Waals surface area contributed by atoms with Crippen molar-refractivity contribution in [3.63, 3.8) is 0 Å². The molecule has 0 radical (unpaired) electrons. The standard InChI is InChI=1S/C12H14BrN5O2/c1-2-4-14-9-3-5-15-10(6-9)7-17-8-11(13)12(16-17)18(19)20/h3,5-6,8H,2,4,7H2,1H3,(H,14,15). The number of hydrogen-bond donors (Lipinski definition) is 1. The quantitative estimate of drug-likeness (QED) is 0.645. The number of nitrogens with one attached hydrogen (secondary N) is 1. The predicted octanol–water partition coefficient (Wildman–Crippen LogP) is 2.82. The number of rotatable bonds is 6. The number of hydrogen-bond acceptors (Lipinski definition) is 5. The lowest BCUT2D eigenvalue weighted by atomic mass is 10.3. The van der Waals surface area contributed by atoms with Gasteiger partial charge >= 0.3 is 5.82 Å². The van der Waals surface area contributed by atoms with E-state index in [-0.39, 0.29) is 5.82 Å². The molecule has 7 nitrogen and oxygen atoms in total. The van der Waals surface area contributed by atoms with Crippen molar-refractivity contribution in [1.82, 2.24) is 14.8 Å². The van der Waals surface area contributed by atoms with Gasteiger partial charge in [0.2, 0.25) is 0 Å². The second-order valence-electron chi connectivity index (χ2n) is 4.22. The van der Waals surface area contributed by atoms with E-state index in [1.54, 1.807) is 12.4 Å². The molecule has 0 bridgehead atoms. The predicted molar refractivity (Wildman–Crippen MR) is 78.7 cm³/mol. The molecule has 0 amide bonds. The van der Waals surface area contributed by atoms with E-state index in [1.807, 2.05) is 12.1 Å². The van der Waals surface area contributed by atoms with E-state index in [4.69, 9.17) is 0 Å². The fourth-order valence-corrected chi connectivity index (χ4v) is 2.16. The van der Waals surface area contributed by atoms with Gasteiger partial charge in [0.15, 0.2) is 0 Å². The molecule has 106 valence electrons. The summed E-state index contributed by atoms with van der Waals surface area (Å²) in [6.45, 7) is 3.37. The van der Waals surface area contributed by atoms with Gasteiger partial charge in [0, 0.05) is 18.4 Å². The Morgan fingerprint density at radius 3 is 3.00 bits per heavy atom. The van der Waals surface area contributed by atoms with Gasteiger partial charge in [-0.3, -0.25) is 4.98 Å². The first-order valence-electron chi connectivity index (χ1n) is 6.16. The molecule has 0 aromatic carbocycles. The maximum absolute atomic E-state index is 10.7. The molecule has 0 saturated heterocycles. The number of anilines is 1. The number of halogens is 1. The van der Waals surface area contributed by atoms with Crippen molar-refractivity contribution in [1.29, 1.82) is 0 Å². The van der Waals surface area contributed by atoms with Gasteiger partial charge in [-0.2, -0.15) is 4.68 Å². The number of nitro groups is 1. The van der Waals surface area contributed by atoms with Gasteiger partial charge in [-0.25, -0.2) is 0 Å². The van der Waals surface area contributed by atoms with Crippen molar-refractivity contribution in [2.45, 2.75) is 19.9 Å². The average Bonchev–Trinajstić information content (AvgIpc) is 2.78. The highest BCUT2D eigenvalue weighted by Crippen LogP contribution is 2.22. The third-order valence-corrected chi connectivity index (χ3v) is 3.15. The van der Waals surface area contributed by atoms with Crippen molar-refractivity contribution >= 4 is 27.4 Å². The van der Waals surface area contributed by atoms with Gasteiger partial charge in [0.05, 0.1) is 17.0 Å². The molecule has 8 heteroatoms. The Balaban J connectivity index is 2.13. The molecule has 0 aliphatic carbocycles. The van der Waals surface area contributed by atoms with Gasteiger partial charge in [-0.05, 0) is 39.4 Å². The molecule has 20 heavy (non-hydrogen) atoms. The monoisotopic (exact) mass is 339 g/mol. The van der Waals surface area contributed by atoms with Crippen LogP contribution in [0.1, 0.15) is 19.0 Å². The summed E-state index contributed by atoms with van der Waals surface area (Å²) in [7, 11) is 0. The van der Waals surface area contributed by atoms with Gasteiger partial charge in [0.1, 0.15) is 11.0 Å². The molecule has 0 spiro atoms. The molecule has 2 rings (SSSR count). The van der Waals surface area contributed by atoms with E-state index in [1.165, 1.54) is 4.68 Å². The maximum Gasteiger partial charge on any atom is 0.404 e. The van der Waals surface area contributed by atoms with Crippen LogP contribution in [0, 0.1) is 10.1 Å². The molecule has 2 aromatic heterocycles. The molecule has 0 aliphatic rings. The fraction of sp³-hybridized carbons (Fsp3) is 0.333. The van der Waals surface area contributed by atoms with Gasteiger partial charge < -0.3 is 15.4 Å². The van der Waals surface area contributed by atoms with Crippen LogP contribution in [0.2, 0.25) is 0 Å². The van der Waals surface area contributed by atoms with Gasteiger partial charge in [-0.15, -0.1) is 0 Å². The van der Waals surface area contributed by atoms with Crippen LogP contribution in [0.3, 0.4) is 0 Å². The Kier molecular flexibility index (Phi) is 4.67. The van der Waals surface area contributed by atoms with Gasteiger partial charge in [0.25, 0.3) is 0 Å². The van der Waals surface area contributed by atoms with Crippen LogP contribution >= 0.6 is 15.9 Å². The molecule has 1 N–H and O–H groups in total. The van der Waals surface area contributed by atoms with Crippen LogP contribution in [0.15, 0.2) is 29.0 Å².